The highest BCUT2D eigenvalue weighted by Gasteiger charge is 2.18. The summed E-state index contributed by atoms with van der Waals surface area (Å²) in [6.07, 6.45) is 6.56. The number of H-pyrrole nitrogens is 1. The Morgan fingerprint density at radius 2 is 1.79 bits per heavy atom. The molecular weight excluding hydrogens is 412 g/mol. The molecule has 0 saturated carbocycles. The molecule has 0 bridgehead atoms. The van der Waals surface area contributed by atoms with E-state index in [9.17, 15) is 13.2 Å². The number of aromatic amines is 1. The van der Waals surface area contributed by atoms with Crippen molar-refractivity contribution < 1.29 is 13.2 Å². The first-order chi connectivity index (χ1) is 13.9. The molecule has 0 aliphatic rings. The maximum Gasteiger partial charge on any atom is 0.208 e. The Hall–Kier alpha value is -3.10. The number of nitrogens with zero attached hydrogens (tertiary/aromatic N) is 3. The highest BCUT2D eigenvalue weighted by Crippen LogP contribution is 2.23. The molecule has 3 aromatic heterocycles. The highest BCUT2D eigenvalue weighted by molar-refractivity contribution is 7.91. The summed E-state index contributed by atoms with van der Waals surface area (Å²) >= 11 is 5.84. The molecule has 3 heterocycles. The number of sulfone groups is 1. The topological polar surface area (TPSA) is 106 Å². The smallest absolute Gasteiger partial charge is 0.208 e. The molecule has 1 N–H and O–H groups in total. The van der Waals surface area contributed by atoms with Gasteiger partial charge in [0.2, 0.25) is 9.84 Å². The van der Waals surface area contributed by atoms with E-state index >= 15 is 0 Å². The Labute approximate surface area is 171 Å². The van der Waals surface area contributed by atoms with Crippen LogP contribution in [0.5, 0.6) is 0 Å². The third-order valence-electron chi connectivity index (χ3n) is 4.48. The van der Waals surface area contributed by atoms with Crippen LogP contribution in [0.25, 0.3) is 11.0 Å². The monoisotopic (exact) mass is 426 g/mol. The van der Waals surface area contributed by atoms with Crippen molar-refractivity contribution in [2.24, 2.45) is 0 Å². The Kier molecular flexibility index (Phi) is 5.12. The van der Waals surface area contributed by atoms with Gasteiger partial charge in [0, 0.05) is 36.0 Å². The second-order valence-electron chi connectivity index (χ2n) is 6.44. The fraction of sp³-hybridized carbons (Fsp3) is 0.100. The molecule has 0 fully saturated rings. The molecule has 0 amide bonds. The van der Waals surface area contributed by atoms with Gasteiger partial charge in [-0.15, -0.1) is 0 Å². The number of ketones is 1. The number of carbonyl (C=O) groups excluding carboxylic acids is 1. The molecule has 0 aliphatic carbocycles. The van der Waals surface area contributed by atoms with Crippen molar-refractivity contribution in [1.82, 2.24) is 20.2 Å². The van der Waals surface area contributed by atoms with E-state index in [1.54, 1.807) is 24.4 Å². The molecule has 0 saturated heterocycles. The number of fused-ring (bicyclic) bond motifs is 1. The van der Waals surface area contributed by atoms with Gasteiger partial charge in [-0.3, -0.25) is 14.9 Å². The summed E-state index contributed by atoms with van der Waals surface area (Å²) in [5.74, 6) is -0.0395. The number of hydrogen-bond donors (Lipinski definition) is 1. The van der Waals surface area contributed by atoms with Crippen molar-refractivity contribution in [3.8, 4) is 0 Å². The molecule has 146 valence electrons. The van der Waals surface area contributed by atoms with Crippen LogP contribution >= 0.6 is 11.6 Å². The van der Waals surface area contributed by atoms with Crippen LogP contribution in [0.2, 0.25) is 5.02 Å². The number of aryl methyl sites for hydroxylation is 1. The minimum Gasteiger partial charge on any atom is -0.294 e. The first-order valence-electron chi connectivity index (χ1n) is 8.70. The van der Waals surface area contributed by atoms with E-state index in [0.29, 0.717) is 17.6 Å². The predicted molar refractivity (Wildman–Crippen MR) is 108 cm³/mol. The number of rotatable bonds is 6. The van der Waals surface area contributed by atoms with Crippen molar-refractivity contribution in [1.29, 1.82) is 0 Å². The first kappa shape index (κ1) is 19.2. The van der Waals surface area contributed by atoms with Gasteiger partial charge in [-0.2, -0.15) is 5.10 Å². The van der Waals surface area contributed by atoms with Gasteiger partial charge in [0.25, 0.3) is 0 Å². The SMILES string of the molecule is O=C(CCc1ccc(S(=O)(=O)c2cncc(Cl)c2)cc1)c1cnc2[nH]ncc2c1. The number of carbonyl (C=O) groups is 1. The van der Waals surface area contributed by atoms with E-state index < -0.39 is 9.84 Å². The van der Waals surface area contributed by atoms with E-state index in [4.69, 9.17) is 11.6 Å². The van der Waals surface area contributed by atoms with Crippen molar-refractivity contribution in [2.45, 2.75) is 22.6 Å². The van der Waals surface area contributed by atoms with Gasteiger partial charge < -0.3 is 0 Å². The summed E-state index contributed by atoms with van der Waals surface area (Å²) in [6.45, 7) is 0. The van der Waals surface area contributed by atoms with Gasteiger partial charge in [-0.1, -0.05) is 23.7 Å². The van der Waals surface area contributed by atoms with E-state index in [0.717, 1.165) is 10.9 Å². The van der Waals surface area contributed by atoms with Gasteiger partial charge in [-0.05, 0) is 36.2 Å². The van der Waals surface area contributed by atoms with Crippen LogP contribution in [-0.2, 0) is 16.3 Å². The Morgan fingerprint density at radius 3 is 2.55 bits per heavy atom. The lowest BCUT2D eigenvalue weighted by atomic mass is 10.0. The van der Waals surface area contributed by atoms with Crippen LogP contribution in [0.15, 0.2) is 71.0 Å². The van der Waals surface area contributed by atoms with Crippen LogP contribution < -0.4 is 0 Å². The maximum absolute atomic E-state index is 12.7. The highest BCUT2D eigenvalue weighted by atomic mass is 35.5. The van der Waals surface area contributed by atoms with E-state index in [1.165, 1.54) is 36.8 Å². The molecule has 0 radical (unpaired) electrons. The Bertz CT molecular complexity index is 1300. The fourth-order valence-corrected chi connectivity index (χ4v) is 4.39. The number of hydrogen-bond acceptors (Lipinski definition) is 6. The molecule has 4 rings (SSSR count). The second-order valence-corrected chi connectivity index (χ2v) is 8.83. The average molecular weight is 427 g/mol. The van der Waals surface area contributed by atoms with Crippen molar-refractivity contribution >= 4 is 38.3 Å². The average Bonchev–Trinajstić information content (AvgIpc) is 3.20. The summed E-state index contributed by atoms with van der Waals surface area (Å²) in [5.41, 5.74) is 2.01. The molecule has 0 aliphatic heterocycles. The molecule has 0 spiro atoms. The predicted octanol–water partition coefficient (Wildman–Crippen LogP) is 3.65. The molecule has 0 atom stereocenters. The third kappa shape index (κ3) is 4.03. The Balaban J connectivity index is 1.46. The number of pyridine rings is 2. The summed E-state index contributed by atoms with van der Waals surface area (Å²) in [7, 11) is -3.70. The molecule has 9 heteroatoms. The number of Topliss-reactive ketones (excluding diaryl/α,β-unsaturated/α-hetero) is 1. The van der Waals surface area contributed by atoms with Crippen molar-refractivity contribution in [3.05, 3.63) is 77.3 Å². The zero-order valence-electron chi connectivity index (χ0n) is 15.0. The molecule has 29 heavy (non-hydrogen) atoms. The van der Waals surface area contributed by atoms with Gasteiger partial charge in [-0.25, -0.2) is 13.4 Å². The lowest BCUT2D eigenvalue weighted by Crippen LogP contribution is -2.04. The summed E-state index contributed by atoms with van der Waals surface area (Å²) in [5, 5.41) is 7.67. The molecule has 4 aromatic rings. The van der Waals surface area contributed by atoms with Crippen LogP contribution in [0.1, 0.15) is 22.3 Å². The normalized spacial score (nSPS) is 11.6. The zero-order valence-corrected chi connectivity index (χ0v) is 16.6. The van der Waals surface area contributed by atoms with Crippen molar-refractivity contribution in [3.63, 3.8) is 0 Å². The Morgan fingerprint density at radius 1 is 1.00 bits per heavy atom. The lowest BCUT2D eigenvalue weighted by Gasteiger charge is -2.06. The molecule has 0 unspecified atom stereocenters. The van der Waals surface area contributed by atoms with Gasteiger partial charge in [0.1, 0.15) is 0 Å². The van der Waals surface area contributed by atoms with E-state index in [2.05, 4.69) is 20.2 Å². The van der Waals surface area contributed by atoms with Crippen LogP contribution in [-0.4, -0.2) is 34.4 Å². The third-order valence-corrected chi connectivity index (χ3v) is 6.42. The summed E-state index contributed by atoms with van der Waals surface area (Å²) in [6, 6.07) is 9.57. The maximum atomic E-state index is 12.7. The number of aromatic nitrogens is 4. The fourth-order valence-electron chi connectivity index (χ4n) is 2.90. The lowest BCUT2D eigenvalue weighted by molar-refractivity contribution is 0.0982. The van der Waals surface area contributed by atoms with Crippen LogP contribution in [0.4, 0.5) is 0 Å². The minimum absolute atomic E-state index is 0.0371. The molecule has 1 aromatic carbocycles. The summed E-state index contributed by atoms with van der Waals surface area (Å²) < 4.78 is 25.3. The first-order valence-corrected chi connectivity index (χ1v) is 10.6. The van der Waals surface area contributed by atoms with Crippen LogP contribution in [0.3, 0.4) is 0 Å². The summed E-state index contributed by atoms with van der Waals surface area (Å²) in [4.78, 5) is 20.6. The standard InChI is InChI=1S/C20H15ClN4O3S/c21-16-8-18(12-22-11-16)29(27,28)17-4-1-13(2-5-17)3-6-19(26)14-7-15-10-24-25-20(15)23-9-14/h1-2,4-5,7-12H,3,6H2,(H,23,24,25). The second kappa shape index (κ2) is 7.73. The van der Waals surface area contributed by atoms with Crippen molar-refractivity contribution in [2.75, 3.05) is 0 Å². The van der Waals surface area contributed by atoms with E-state index in [1.807, 2.05) is 0 Å². The van der Waals surface area contributed by atoms with Crippen LogP contribution in [0, 0.1) is 0 Å². The quantitative estimate of drug-likeness (QED) is 0.471. The van der Waals surface area contributed by atoms with Gasteiger partial charge in [0.05, 0.1) is 21.0 Å². The number of nitrogens with one attached hydrogen (secondary N) is 1. The van der Waals surface area contributed by atoms with Gasteiger partial charge in [0.15, 0.2) is 11.4 Å². The minimum atomic E-state index is -3.70. The number of benzene rings is 1. The van der Waals surface area contributed by atoms with Gasteiger partial charge >= 0.3 is 0 Å². The van der Waals surface area contributed by atoms with E-state index in [-0.39, 0.29) is 27.0 Å². The molecular formula is C20H15ClN4O3S. The number of halogens is 1. The zero-order chi connectivity index (χ0) is 20.4. The largest absolute Gasteiger partial charge is 0.294 e. The molecule has 7 nitrogen and oxygen atoms in total.